The topological polar surface area (TPSA) is 67.4 Å². The highest BCUT2D eigenvalue weighted by Gasteiger charge is 2.33. The Bertz CT molecular complexity index is 760. The van der Waals surface area contributed by atoms with Crippen molar-refractivity contribution in [2.75, 3.05) is 10.6 Å². The van der Waals surface area contributed by atoms with Crippen LogP contribution in [0.1, 0.15) is 12.5 Å². The lowest BCUT2D eigenvalue weighted by atomic mass is 10.1. The van der Waals surface area contributed by atoms with E-state index in [4.69, 9.17) is 4.74 Å². The molecule has 126 valence electrons. The third-order valence-electron chi connectivity index (χ3n) is 2.83. The fraction of sp³-hybridized carbons (Fsp3) is 0.125. The summed E-state index contributed by atoms with van der Waals surface area (Å²) in [6.45, 7) is 1.22. The third kappa shape index (κ3) is 4.73. The highest BCUT2D eigenvalue weighted by atomic mass is 19.4. The number of amides is 2. The van der Waals surface area contributed by atoms with Gasteiger partial charge in [-0.2, -0.15) is 13.2 Å². The van der Waals surface area contributed by atoms with Gasteiger partial charge >= 0.3 is 18.2 Å². The molecule has 0 radical (unpaired) electrons. The van der Waals surface area contributed by atoms with Crippen LogP contribution in [0, 0.1) is 0 Å². The van der Waals surface area contributed by atoms with Gasteiger partial charge in [0, 0.05) is 18.7 Å². The van der Waals surface area contributed by atoms with Gasteiger partial charge in [-0.15, -0.1) is 0 Å². The number of nitrogens with one attached hydrogen (secondary N) is 2. The van der Waals surface area contributed by atoms with Gasteiger partial charge in [0.2, 0.25) is 0 Å². The monoisotopic (exact) mass is 338 g/mol. The Morgan fingerprint density at radius 2 is 1.71 bits per heavy atom. The molecule has 0 fully saturated rings. The Morgan fingerprint density at radius 1 is 1.00 bits per heavy atom. The van der Waals surface area contributed by atoms with E-state index in [1.807, 2.05) is 0 Å². The number of rotatable bonds is 3. The first-order valence-electron chi connectivity index (χ1n) is 6.78. The van der Waals surface area contributed by atoms with Crippen molar-refractivity contribution in [3.8, 4) is 5.75 Å². The first-order valence-corrected chi connectivity index (χ1v) is 6.78. The number of halogens is 3. The number of hydrogen-bond acceptors (Lipinski definition) is 3. The fourth-order valence-corrected chi connectivity index (χ4v) is 1.93. The molecule has 0 aromatic heterocycles. The molecule has 0 spiro atoms. The molecule has 2 N–H and O–H groups in total. The lowest BCUT2D eigenvalue weighted by Crippen LogP contribution is -2.21. The summed E-state index contributed by atoms with van der Waals surface area (Å²) in [5.74, 6) is -0.327. The van der Waals surface area contributed by atoms with Gasteiger partial charge in [0.15, 0.2) is 0 Å². The Morgan fingerprint density at radius 3 is 2.38 bits per heavy atom. The largest absolute Gasteiger partial charge is 0.427 e. The average Bonchev–Trinajstić information content (AvgIpc) is 2.46. The van der Waals surface area contributed by atoms with Crippen molar-refractivity contribution in [2.45, 2.75) is 13.1 Å². The third-order valence-corrected chi connectivity index (χ3v) is 2.83. The normalized spacial score (nSPS) is 10.8. The second-order valence-corrected chi connectivity index (χ2v) is 4.74. The number of esters is 1. The second-order valence-electron chi connectivity index (χ2n) is 4.74. The van der Waals surface area contributed by atoms with Crippen LogP contribution in [0.15, 0.2) is 48.5 Å². The van der Waals surface area contributed by atoms with E-state index in [-0.39, 0.29) is 17.1 Å². The Labute approximate surface area is 135 Å². The van der Waals surface area contributed by atoms with Gasteiger partial charge in [0.05, 0.1) is 11.3 Å². The number of hydrogen-bond donors (Lipinski definition) is 2. The Kier molecular flexibility index (Phi) is 5.08. The molecule has 0 aliphatic heterocycles. The highest BCUT2D eigenvalue weighted by molar-refractivity contribution is 6.00. The molecule has 0 aliphatic carbocycles. The molecular weight excluding hydrogens is 325 g/mol. The van der Waals surface area contributed by atoms with E-state index in [0.29, 0.717) is 0 Å². The molecule has 0 unspecified atom stereocenters. The highest BCUT2D eigenvalue weighted by Crippen LogP contribution is 2.34. The van der Waals surface area contributed by atoms with Gasteiger partial charge in [-0.1, -0.05) is 18.2 Å². The van der Waals surface area contributed by atoms with Crippen molar-refractivity contribution in [3.05, 3.63) is 54.1 Å². The number of para-hydroxylation sites is 1. The lowest BCUT2D eigenvalue weighted by Gasteiger charge is -2.14. The van der Waals surface area contributed by atoms with Gasteiger partial charge in [0.25, 0.3) is 0 Å². The van der Waals surface area contributed by atoms with Gasteiger partial charge in [-0.05, 0) is 24.3 Å². The maximum atomic E-state index is 12.9. The molecule has 2 aromatic carbocycles. The van der Waals surface area contributed by atoms with Gasteiger partial charge in [-0.25, -0.2) is 4.79 Å². The van der Waals surface area contributed by atoms with E-state index in [0.717, 1.165) is 12.1 Å². The zero-order valence-corrected chi connectivity index (χ0v) is 12.5. The zero-order chi connectivity index (χ0) is 17.7. The predicted molar refractivity (Wildman–Crippen MR) is 81.8 cm³/mol. The zero-order valence-electron chi connectivity index (χ0n) is 12.5. The van der Waals surface area contributed by atoms with Crippen molar-refractivity contribution < 1.29 is 27.5 Å². The van der Waals surface area contributed by atoms with Crippen LogP contribution in [0.3, 0.4) is 0 Å². The second kappa shape index (κ2) is 7.03. The van der Waals surface area contributed by atoms with Crippen LogP contribution in [-0.4, -0.2) is 12.0 Å². The molecule has 24 heavy (non-hydrogen) atoms. The average molecular weight is 338 g/mol. The molecule has 0 aliphatic rings. The summed E-state index contributed by atoms with van der Waals surface area (Å²) in [5.41, 5.74) is -1.05. The molecule has 2 aromatic rings. The minimum atomic E-state index is -4.58. The molecule has 0 saturated carbocycles. The van der Waals surface area contributed by atoms with E-state index in [2.05, 4.69) is 10.6 Å². The van der Waals surface area contributed by atoms with Gasteiger partial charge < -0.3 is 15.4 Å². The number of anilines is 2. The van der Waals surface area contributed by atoms with Crippen LogP contribution in [0.5, 0.6) is 5.75 Å². The predicted octanol–water partition coefficient (Wildman–Crippen LogP) is 4.27. The summed E-state index contributed by atoms with van der Waals surface area (Å²) in [5, 5.41) is 4.52. The summed E-state index contributed by atoms with van der Waals surface area (Å²) >= 11 is 0. The molecule has 2 rings (SSSR count). The number of carbonyl (C=O) groups is 2. The van der Waals surface area contributed by atoms with E-state index in [9.17, 15) is 22.8 Å². The Hall–Kier alpha value is -3.03. The number of ether oxygens (including phenoxy) is 1. The van der Waals surface area contributed by atoms with E-state index in [1.54, 1.807) is 0 Å². The minimum Gasteiger partial charge on any atom is -0.427 e. The van der Waals surface area contributed by atoms with Gasteiger partial charge in [-0.3, -0.25) is 4.79 Å². The lowest BCUT2D eigenvalue weighted by molar-refractivity contribution is -0.137. The van der Waals surface area contributed by atoms with E-state index >= 15 is 0 Å². The SMILES string of the molecule is CC(=O)Oc1cccc(NC(=O)Nc2ccccc2C(F)(F)F)c1. The summed E-state index contributed by atoms with van der Waals surface area (Å²) in [7, 11) is 0. The fourth-order valence-electron chi connectivity index (χ4n) is 1.93. The summed E-state index contributed by atoms with van der Waals surface area (Å²) in [6, 6.07) is 9.68. The summed E-state index contributed by atoms with van der Waals surface area (Å²) < 4.78 is 43.5. The van der Waals surface area contributed by atoms with Crippen LogP contribution in [-0.2, 0) is 11.0 Å². The maximum Gasteiger partial charge on any atom is 0.418 e. The number of carbonyl (C=O) groups excluding carboxylic acids is 2. The van der Waals surface area contributed by atoms with Crippen molar-refractivity contribution in [2.24, 2.45) is 0 Å². The molecule has 0 heterocycles. The molecule has 0 atom stereocenters. The molecule has 2 amide bonds. The molecular formula is C16H13F3N2O3. The van der Waals surface area contributed by atoms with Crippen molar-refractivity contribution in [3.63, 3.8) is 0 Å². The minimum absolute atomic E-state index is 0.205. The summed E-state index contributed by atoms with van der Waals surface area (Å²) in [4.78, 5) is 22.8. The van der Waals surface area contributed by atoms with Crippen LogP contribution in [0.4, 0.5) is 29.3 Å². The number of benzene rings is 2. The molecule has 0 bridgehead atoms. The first kappa shape index (κ1) is 17.3. The standard InChI is InChI=1S/C16H13F3N2O3/c1-10(22)24-12-6-4-5-11(9-12)20-15(23)21-14-8-3-2-7-13(14)16(17,18)19/h2-9H,1H3,(H2,20,21,23). The molecule has 8 heteroatoms. The molecule has 0 saturated heterocycles. The first-order chi connectivity index (χ1) is 11.3. The number of urea groups is 1. The van der Waals surface area contributed by atoms with Crippen LogP contribution in [0.2, 0.25) is 0 Å². The van der Waals surface area contributed by atoms with Gasteiger partial charge in [0.1, 0.15) is 5.75 Å². The van der Waals surface area contributed by atoms with Crippen molar-refractivity contribution >= 4 is 23.4 Å². The molecule has 5 nitrogen and oxygen atoms in total. The quantitative estimate of drug-likeness (QED) is 0.648. The van der Waals surface area contributed by atoms with Crippen molar-refractivity contribution in [1.29, 1.82) is 0 Å². The van der Waals surface area contributed by atoms with Crippen molar-refractivity contribution in [1.82, 2.24) is 0 Å². The van der Waals surface area contributed by atoms with E-state index in [1.165, 1.54) is 43.3 Å². The number of alkyl halides is 3. The summed E-state index contributed by atoms with van der Waals surface area (Å²) in [6.07, 6.45) is -4.58. The van der Waals surface area contributed by atoms with Crippen LogP contribution < -0.4 is 15.4 Å². The van der Waals surface area contributed by atoms with E-state index < -0.39 is 23.7 Å². The maximum absolute atomic E-state index is 12.9. The Balaban J connectivity index is 2.11. The van der Waals surface area contributed by atoms with Crippen LogP contribution in [0.25, 0.3) is 0 Å². The smallest absolute Gasteiger partial charge is 0.418 e. The van der Waals surface area contributed by atoms with Crippen LogP contribution >= 0.6 is 0 Å².